The van der Waals surface area contributed by atoms with Crippen molar-refractivity contribution in [1.82, 2.24) is 0 Å². The van der Waals surface area contributed by atoms with Crippen LogP contribution in [0.4, 0.5) is 5.69 Å². The quantitative estimate of drug-likeness (QED) is 0.861. The summed E-state index contributed by atoms with van der Waals surface area (Å²) < 4.78 is 5.39. The zero-order chi connectivity index (χ0) is 13.1. The van der Waals surface area contributed by atoms with Crippen LogP contribution in [0.15, 0.2) is 24.3 Å². The van der Waals surface area contributed by atoms with Gasteiger partial charge in [-0.1, -0.05) is 6.07 Å². The van der Waals surface area contributed by atoms with Crippen LogP contribution in [0.5, 0.6) is 5.75 Å². The lowest BCUT2D eigenvalue weighted by molar-refractivity contribution is -0.123. The fourth-order valence-corrected chi connectivity index (χ4v) is 2.06. The molecule has 5 nitrogen and oxygen atoms in total. The Kier molecular flexibility index (Phi) is 3.50. The number of hydrogen-bond donors (Lipinski definition) is 1. The molecule has 2 amide bonds. The van der Waals surface area contributed by atoms with E-state index in [1.807, 2.05) is 25.1 Å². The third-order valence-electron chi connectivity index (χ3n) is 2.97. The van der Waals surface area contributed by atoms with Crippen molar-refractivity contribution in [2.24, 2.45) is 11.7 Å². The van der Waals surface area contributed by atoms with Gasteiger partial charge in [0.15, 0.2) is 0 Å². The summed E-state index contributed by atoms with van der Waals surface area (Å²) in [4.78, 5) is 24.5. The Balaban J connectivity index is 2.19. The Morgan fingerprint density at radius 3 is 2.94 bits per heavy atom. The van der Waals surface area contributed by atoms with E-state index < -0.39 is 11.8 Å². The number of ether oxygens (including phenoxy) is 1. The number of nitrogens with zero attached hydrogens (tertiary/aromatic N) is 1. The molecule has 1 fully saturated rings. The van der Waals surface area contributed by atoms with Crippen LogP contribution in [0, 0.1) is 5.92 Å². The molecule has 1 heterocycles. The molecular weight excluding hydrogens is 232 g/mol. The number of benzene rings is 1. The molecule has 0 aromatic heterocycles. The molecule has 18 heavy (non-hydrogen) atoms. The first-order chi connectivity index (χ1) is 8.61. The minimum Gasteiger partial charge on any atom is -0.494 e. The first-order valence-corrected chi connectivity index (χ1v) is 5.94. The van der Waals surface area contributed by atoms with E-state index in [9.17, 15) is 9.59 Å². The van der Waals surface area contributed by atoms with Crippen molar-refractivity contribution in [1.29, 1.82) is 0 Å². The summed E-state index contributed by atoms with van der Waals surface area (Å²) in [6.07, 6.45) is 0.189. The number of carbonyl (C=O) groups excluding carboxylic acids is 2. The molecule has 96 valence electrons. The minimum absolute atomic E-state index is 0.0764. The zero-order valence-electron chi connectivity index (χ0n) is 10.3. The smallest absolute Gasteiger partial charge is 0.227 e. The third kappa shape index (κ3) is 2.45. The maximum Gasteiger partial charge on any atom is 0.227 e. The van der Waals surface area contributed by atoms with Gasteiger partial charge in [-0.15, -0.1) is 0 Å². The number of rotatable bonds is 4. The molecule has 5 heteroatoms. The number of amides is 2. The van der Waals surface area contributed by atoms with Gasteiger partial charge in [0.1, 0.15) is 5.75 Å². The van der Waals surface area contributed by atoms with Gasteiger partial charge in [-0.05, 0) is 19.1 Å². The number of carbonyl (C=O) groups is 2. The van der Waals surface area contributed by atoms with E-state index in [-0.39, 0.29) is 12.3 Å². The van der Waals surface area contributed by atoms with Gasteiger partial charge in [-0.2, -0.15) is 0 Å². The predicted octanol–water partition coefficient (Wildman–Crippen LogP) is 0.923. The summed E-state index contributed by atoms with van der Waals surface area (Å²) in [5, 5.41) is 0. The van der Waals surface area contributed by atoms with E-state index in [1.165, 1.54) is 0 Å². The topological polar surface area (TPSA) is 72.6 Å². The van der Waals surface area contributed by atoms with Crippen molar-refractivity contribution < 1.29 is 14.3 Å². The molecular formula is C13H16N2O3. The van der Waals surface area contributed by atoms with E-state index in [4.69, 9.17) is 10.5 Å². The summed E-state index contributed by atoms with van der Waals surface area (Å²) in [7, 11) is 0. The summed E-state index contributed by atoms with van der Waals surface area (Å²) in [5.41, 5.74) is 5.98. The highest BCUT2D eigenvalue weighted by Gasteiger charge is 2.33. The molecule has 1 aliphatic heterocycles. The number of anilines is 1. The van der Waals surface area contributed by atoms with Crippen LogP contribution in [0.2, 0.25) is 0 Å². The largest absolute Gasteiger partial charge is 0.494 e. The second kappa shape index (κ2) is 5.08. The number of hydrogen-bond acceptors (Lipinski definition) is 3. The standard InChI is InChI=1S/C13H16N2O3/c1-2-18-11-5-3-4-10(7-11)15-8-9(13(14)17)6-12(15)16/h3-5,7,9H,2,6,8H2,1H3,(H2,14,17). The van der Waals surface area contributed by atoms with Crippen molar-refractivity contribution in [2.75, 3.05) is 18.1 Å². The second-order valence-electron chi connectivity index (χ2n) is 4.24. The summed E-state index contributed by atoms with van der Waals surface area (Å²) in [6, 6.07) is 7.28. The van der Waals surface area contributed by atoms with Gasteiger partial charge in [0.05, 0.1) is 12.5 Å². The maximum atomic E-state index is 11.8. The monoisotopic (exact) mass is 248 g/mol. The first-order valence-electron chi connectivity index (χ1n) is 5.94. The molecule has 2 N–H and O–H groups in total. The van der Waals surface area contributed by atoms with Gasteiger partial charge < -0.3 is 15.4 Å². The average Bonchev–Trinajstić information content (AvgIpc) is 2.72. The highest BCUT2D eigenvalue weighted by molar-refractivity contribution is 6.00. The lowest BCUT2D eigenvalue weighted by Gasteiger charge is -2.17. The van der Waals surface area contributed by atoms with E-state index in [0.29, 0.717) is 18.9 Å². The molecule has 1 aromatic carbocycles. The van der Waals surface area contributed by atoms with Gasteiger partial charge in [-0.25, -0.2) is 0 Å². The first kappa shape index (κ1) is 12.4. The highest BCUT2D eigenvalue weighted by atomic mass is 16.5. The minimum atomic E-state index is -0.424. The fourth-order valence-electron chi connectivity index (χ4n) is 2.06. The molecule has 2 rings (SSSR count). The van der Waals surface area contributed by atoms with Gasteiger partial charge >= 0.3 is 0 Å². The molecule has 0 spiro atoms. The summed E-state index contributed by atoms with van der Waals surface area (Å²) in [5.74, 6) is -0.183. The van der Waals surface area contributed by atoms with Crippen molar-refractivity contribution in [3.8, 4) is 5.75 Å². The average molecular weight is 248 g/mol. The second-order valence-corrected chi connectivity index (χ2v) is 4.24. The van der Waals surface area contributed by atoms with Crippen molar-refractivity contribution in [3.63, 3.8) is 0 Å². The molecule has 1 atom stereocenters. The predicted molar refractivity (Wildman–Crippen MR) is 67.3 cm³/mol. The van der Waals surface area contributed by atoms with Gasteiger partial charge in [0.25, 0.3) is 0 Å². The van der Waals surface area contributed by atoms with Crippen LogP contribution < -0.4 is 15.4 Å². The lowest BCUT2D eigenvalue weighted by Crippen LogP contribution is -2.28. The van der Waals surface area contributed by atoms with Crippen LogP contribution in [0.25, 0.3) is 0 Å². The van der Waals surface area contributed by atoms with Crippen LogP contribution in [0.1, 0.15) is 13.3 Å². The van der Waals surface area contributed by atoms with E-state index in [2.05, 4.69) is 0 Å². The van der Waals surface area contributed by atoms with Crippen molar-refractivity contribution in [3.05, 3.63) is 24.3 Å². The van der Waals surface area contributed by atoms with E-state index in [0.717, 1.165) is 5.69 Å². The lowest BCUT2D eigenvalue weighted by atomic mass is 10.1. The zero-order valence-corrected chi connectivity index (χ0v) is 10.3. The Morgan fingerprint density at radius 2 is 2.33 bits per heavy atom. The normalized spacial score (nSPS) is 19.1. The van der Waals surface area contributed by atoms with E-state index >= 15 is 0 Å². The van der Waals surface area contributed by atoms with Crippen molar-refractivity contribution in [2.45, 2.75) is 13.3 Å². The molecule has 0 saturated carbocycles. The van der Waals surface area contributed by atoms with Crippen LogP contribution in [-0.2, 0) is 9.59 Å². The number of primary amides is 1. The van der Waals surface area contributed by atoms with Crippen LogP contribution in [0.3, 0.4) is 0 Å². The molecule has 1 saturated heterocycles. The van der Waals surface area contributed by atoms with Gasteiger partial charge in [0.2, 0.25) is 11.8 Å². The Labute approximate surface area is 106 Å². The SMILES string of the molecule is CCOc1cccc(N2CC(C(N)=O)CC2=O)c1. The molecule has 0 aliphatic carbocycles. The molecule has 0 bridgehead atoms. The highest BCUT2D eigenvalue weighted by Crippen LogP contribution is 2.27. The van der Waals surface area contributed by atoms with Gasteiger partial charge in [-0.3, -0.25) is 9.59 Å². The van der Waals surface area contributed by atoms with Crippen LogP contribution in [-0.4, -0.2) is 25.0 Å². The summed E-state index contributed by atoms with van der Waals surface area (Å²) >= 11 is 0. The van der Waals surface area contributed by atoms with E-state index in [1.54, 1.807) is 11.0 Å². The maximum absolute atomic E-state index is 11.8. The Hall–Kier alpha value is -2.04. The molecule has 1 aromatic rings. The molecule has 1 aliphatic rings. The Morgan fingerprint density at radius 1 is 1.56 bits per heavy atom. The molecule has 0 radical (unpaired) electrons. The third-order valence-corrected chi connectivity index (χ3v) is 2.97. The number of nitrogens with two attached hydrogens (primary N) is 1. The Bertz CT molecular complexity index is 473. The van der Waals surface area contributed by atoms with Crippen molar-refractivity contribution >= 4 is 17.5 Å². The molecule has 1 unspecified atom stereocenters. The summed E-state index contributed by atoms with van der Waals surface area (Å²) in [6.45, 7) is 2.82. The van der Waals surface area contributed by atoms with Crippen LogP contribution >= 0.6 is 0 Å². The van der Waals surface area contributed by atoms with Gasteiger partial charge in [0, 0.05) is 24.7 Å². The fraction of sp³-hybridized carbons (Fsp3) is 0.385.